The second kappa shape index (κ2) is 6.12. The van der Waals surface area contributed by atoms with E-state index in [-0.39, 0.29) is 9.09 Å². The van der Waals surface area contributed by atoms with Crippen molar-refractivity contribution in [3.05, 3.63) is 17.0 Å². The van der Waals surface area contributed by atoms with Gasteiger partial charge in [-0.15, -0.1) is 11.3 Å². The standard InChI is InChI=1S/C12H18N2O5S2/c1-7(10(15)13-12(2,3)4)14-21(18,19)9-6-5-8(20-9)11(16)17/h5-7,14H,1-4H3,(H,13,15)(H,16,17). The molecular weight excluding hydrogens is 316 g/mol. The van der Waals surface area contributed by atoms with Crippen LogP contribution in [0.15, 0.2) is 16.3 Å². The van der Waals surface area contributed by atoms with E-state index < -0.39 is 33.5 Å². The zero-order chi connectivity index (χ0) is 16.4. The third kappa shape index (κ3) is 5.10. The van der Waals surface area contributed by atoms with Crippen LogP contribution in [0.4, 0.5) is 0 Å². The number of amides is 1. The predicted molar refractivity (Wildman–Crippen MR) is 79.0 cm³/mol. The third-order valence-corrected chi connectivity index (χ3v) is 5.39. The van der Waals surface area contributed by atoms with Gasteiger partial charge in [-0.3, -0.25) is 4.79 Å². The Hall–Kier alpha value is -1.45. The van der Waals surface area contributed by atoms with Gasteiger partial charge in [0.25, 0.3) is 10.0 Å². The van der Waals surface area contributed by atoms with Gasteiger partial charge in [0.05, 0.1) is 6.04 Å². The lowest BCUT2D eigenvalue weighted by atomic mass is 10.1. The summed E-state index contributed by atoms with van der Waals surface area (Å²) in [5, 5.41) is 11.5. The Morgan fingerprint density at radius 3 is 2.29 bits per heavy atom. The van der Waals surface area contributed by atoms with Crippen molar-refractivity contribution < 1.29 is 23.1 Å². The summed E-state index contributed by atoms with van der Waals surface area (Å²) < 4.78 is 26.2. The maximum absolute atomic E-state index is 12.1. The van der Waals surface area contributed by atoms with E-state index in [1.165, 1.54) is 19.1 Å². The summed E-state index contributed by atoms with van der Waals surface area (Å²) in [7, 11) is -3.93. The molecule has 1 rings (SSSR count). The maximum Gasteiger partial charge on any atom is 0.345 e. The van der Waals surface area contributed by atoms with Crippen LogP contribution in [0, 0.1) is 0 Å². The van der Waals surface area contributed by atoms with Gasteiger partial charge in [0, 0.05) is 5.54 Å². The van der Waals surface area contributed by atoms with E-state index in [2.05, 4.69) is 10.0 Å². The molecule has 0 bridgehead atoms. The number of hydrogen-bond acceptors (Lipinski definition) is 5. The number of carboxylic acid groups (broad SMARTS) is 1. The Labute approximate surface area is 127 Å². The molecule has 21 heavy (non-hydrogen) atoms. The molecule has 1 aromatic rings. The molecule has 0 aliphatic carbocycles. The highest BCUT2D eigenvalue weighted by molar-refractivity contribution is 7.91. The molecule has 0 fully saturated rings. The molecule has 0 saturated heterocycles. The van der Waals surface area contributed by atoms with Crippen molar-refractivity contribution in [3.8, 4) is 0 Å². The fourth-order valence-electron chi connectivity index (χ4n) is 1.40. The van der Waals surface area contributed by atoms with Crippen molar-refractivity contribution in [2.75, 3.05) is 0 Å². The van der Waals surface area contributed by atoms with E-state index in [1.807, 2.05) is 0 Å². The number of hydrogen-bond donors (Lipinski definition) is 3. The fraction of sp³-hybridized carbons (Fsp3) is 0.500. The summed E-state index contributed by atoms with van der Waals surface area (Å²) >= 11 is 0.633. The van der Waals surface area contributed by atoms with Crippen LogP contribution >= 0.6 is 11.3 Å². The Kier molecular flexibility index (Phi) is 5.13. The lowest BCUT2D eigenvalue weighted by molar-refractivity contribution is -0.123. The predicted octanol–water partition coefficient (Wildman–Crippen LogP) is 1.03. The van der Waals surface area contributed by atoms with Gasteiger partial charge < -0.3 is 10.4 Å². The summed E-state index contributed by atoms with van der Waals surface area (Å²) in [4.78, 5) is 22.5. The zero-order valence-electron chi connectivity index (χ0n) is 12.1. The quantitative estimate of drug-likeness (QED) is 0.744. The van der Waals surface area contributed by atoms with E-state index in [4.69, 9.17) is 5.11 Å². The van der Waals surface area contributed by atoms with Crippen molar-refractivity contribution in [1.29, 1.82) is 0 Å². The second-order valence-electron chi connectivity index (χ2n) is 5.51. The van der Waals surface area contributed by atoms with Crippen LogP contribution < -0.4 is 10.0 Å². The highest BCUT2D eigenvalue weighted by atomic mass is 32.2. The number of nitrogens with one attached hydrogen (secondary N) is 2. The first-order valence-electron chi connectivity index (χ1n) is 6.10. The Balaban J connectivity index is 2.84. The van der Waals surface area contributed by atoms with Crippen molar-refractivity contribution in [1.82, 2.24) is 10.0 Å². The fourth-order valence-corrected chi connectivity index (χ4v) is 3.77. The number of carbonyl (C=O) groups excluding carboxylic acids is 1. The van der Waals surface area contributed by atoms with Gasteiger partial charge in [-0.2, -0.15) is 4.72 Å². The summed E-state index contributed by atoms with van der Waals surface area (Å²) in [6, 6.07) is 1.44. The van der Waals surface area contributed by atoms with Gasteiger partial charge in [-0.1, -0.05) is 0 Å². The first-order valence-corrected chi connectivity index (χ1v) is 8.40. The lowest BCUT2D eigenvalue weighted by Crippen LogP contribution is -2.50. The van der Waals surface area contributed by atoms with Gasteiger partial charge in [-0.05, 0) is 39.8 Å². The Bertz CT molecular complexity index is 643. The average Bonchev–Trinajstić information content (AvgIpc) is 2.75. The first kappa shape index (κ1) is 17.6. The molecule has 0 saturated carbocycles. The summed E-state index contributed by atoms with van der Waals surface area (Å²) in [5.74, 6) is -1.65. The normalized spacial score (nSPS) is 13.7. The van der Waals surface area contributed by atoms with E-state index in [9.17, 15) is 18.0 Å². The van der Waals surface area contributed by atoms with E-state index >= 15 is 0 Å². The number of carbonyl (C=O) groups is 2. The summed E-state index contributed by atoms with van der Waals surface area (Å²) in [5.41, 5.74) is -0.476. The molecule has 0 radical (unpaired) electrons. The smallest absolute Gasteiger partial charge is 0.345 e. The van der Waals surface area contributed by atoms with Gasteiger partial charge in [0.15, 0.2) is 0 Å². The van der Waals surface area contributed by atoms with Crippen LogP contribution in [0.1, 0.15) is 37.4 Å². The monoisotopic (exact) mass is 334 g/mol. The topological polar surface area (TPSA) is 113 Å². The summed E-state index contributed by atoms with van der Waals surface area (Å²) in [6.07, 6.45) is 0. The van der Waals surface area contributed by atoms with Crippen molar-refractivity contribution in [3.63, 3.8) is 0 Å². The molecule has 118 valence electrons. The molecule has 9 heteroatoms. The van der Waals surface area contributed by atoms with Crippen LogP contribution in [0.2, 0.25) is 0 Å². The van der Waals surface area contributed by atoms with Gasteiger partial charge in [0.1, 0.15) is 9.09 Å². The summed E-state index contributed by atoms with van der Waals surface area (Å²) in [6.45, 7) is 6.77. The SMILES string of the molecule is CC(NS(=O)(=O)c1ccc(C(=O)O)s1)C(=O)NC(C)(C)C. The van der Waals surface area contributed by atoms with Crippen LogP contribution in [0.3, 0.4) is 0 Å². The van der Waals surface area contributed by atoms with Crippen molar-refractivity contribution in [2.24, 2.45) is 0 Å². The number of carboxylic acids is 1. The van der Waals surface area contributed by atoms with Crippen LogP contribution in [0.25, 0.3) is 0 Å². The molecule has 0 aromatic carbocycles. The molecule has 1 aromatic heterocycles. The van der Waals surface area contributed by atoms with E-state index in [0.29, 0.717) is 11.3 Å². The molecule has 0 aliphatic heterocycles. The molecular formula is C12H18N2O5S2. The molecule has 3 N–H and O–H groups in total. The minimum atomic E-state index is -3.93. The largest absolute Gasteiger partial charge is 0.477 e. The molecule has 0 aliphatic rings. The van der Waals surface area contributed by atoms with E-state index in [1.54, 1.807) is 20.8 Å². The maximum atomic E-state index is 12.1. The van der Waals surface area contributed by atoms with E-state index in [0.717, 1.165) is 0 Å². The highest BCUT2D eigenvalue weighted by Gasteiger charge is 2.26. The Morgan fingerprint density at radius 1 is 1.29 bits per heavy atom. The van der Waals surface area contributed by atoms with Crippen LogP contribution in [0.5, 0.6) is 0 Å². The number of aromatic carboxylic acids is 1. The molecule has 7 nitrogen and oxygen atoms in total. The first-order chi connectivity index (χ1) is 9.42. The van der Waals surface area contributed by atoms with Gasteiger partial charge in [0.2, 0.25) is 5.91 Å². The minimum absolute atomic E-state index is 0.0813. The molecule has 0 spiro atoms. The van der Waals surface area contributed by atoms with Crippen LogP contribution in [-0.2, 0) is 14.8 Å². The Morgan fingerprint density at radius 2 is 1.86 bits per heavy atom. The van der Waals surface area contributed by atoms with Crippen molar-refractivity contribution in [2.45, 2.75) is 43.5 Å². The number of rotatable bonds is 5. The number of thiophene rings is 1. The lowest BCUT2D eigenvalue weighted by Gasteiger charge is -2.23. The minimum Gasteiger partial charge on any atom is -0.477 e. The highest BCUT2D eigenvalue weighted by Crippen LogP contribution is 2.21. The van der Waals surface area contributed by atoms with Gasteiger partial charge in [-0.25, -0.2) is 13.2 Å². The van der Waals surface area contributed by atoms with Crippen molar-refractivity contribution >= 4 is 33.2 Å². The third-order valence-electron chi connectivity index (χ3n) is 2.28. The number of sulfonamides is 1. The average molecular weight is 334 g/mol. The zero-order valence-corrected chi connectivity index (χ0v) is 13.8. The molecule has 1 amide bonds. The molecule has 1 unspecified atom stereocenters. The molecule has 1 heterocycles. The van der Waals surface area contributed by atoms with Crippen LogP contribution in [-0.4, -0.2) is 37.0 Å². The van der Waals surface area contributed by atoms with Gasteiger partial charge >= 0.3 is 5.97 Å². The molecule has 1 atom stereocenters. The second-order valence-corrected chi connectivity index (χ2v) is 8.53.